The Morgan fingerprint density at radius 2 is 2.36 bits per heavy atom. The topological polar surface area (TPSA) is 38.0 Å². The first-order chi connectivity index (χ1) is 5.24. The SMILES string of the molecule is CC(C)Cn1cncc1CO. The summed E-state index contributed by atoms with van der Waals surface area (Å²) in [6.45, 7) is 5.28. The number of hydrogen-bond donors (Lipinski definition) is 1. The zero-order valence-corrected chi connectivity index (χ0v) is 6.99. The van der Waals surface area contributed by atoms with E-state index in [1.54, 1.807) is 12.5 Å². The monoisotopic (exact) mass is 154 g/mol. The van der Waals surface area contributed by atoms with Crippen LogP contribution in [0.15, 0.2) is 12.5 Å². The minimum Gasteiger partial charge on any atom is -0.390 e. The van der Waals surface area contributed by atoms with E-state index in [1.165, 1.54) is 0 Å². The van der Waals surface area contributed by atoms with Crippen molar-refractivity contribution in [3.8, 4) is 0 Å². The summed E-state index contributed by atoms with van der Waals surface area (Å²) in [4.78, 5) is 3.95. The van der Waals surface area contributed by atoms with Crippen LogP contribution in [-0.4, -0.2) is 14.7 Å². The molecule has 1 N–H and O–H groups in total. The van der Waals surface area contributed by atoms with Gasteiger partial charge in [-0.2, -0.15) is 0 Å². The molecule has 11 heavy (non-hydrogen) atoms. The molecule has 0 aliphatic carbocycles. The summed E-state index contributed by atoms with van der Waals surface area (Å²) in [5.74, 6) is 0.592. The Balaban J connectivity index is 2.68. The maximum atomic E-state index is 8.86. The van der Waals surface area contributed by atoms with E-state index in [-0.39, 0.29) is 6.61 Å². The van der Waals surface area contributed by atoms with E-state index in [9.17, 15) is 0 Å². The summed E-state index contributed by atoms with van der Waals surface area (Å²) >= 11 is 0. The molecule has 0 amide bonds. The van der Waals surface area contributed by atoms with Crippen LogP contribution in [0.25, 0.3) is 0 Å². The van der Waals surface area contributed by atoms with Crippen molar-refractivity contribution in [1.82, 2.24) is 9.55 Å². The number of aromatic nitrogens is 2. The van der Waals surface area contributed by atoms with Gasteiger partial charge in [0, 0.05) is 6.54 Å². The molecule has 0 aromatic carbocycles. The van der Waals surface area contributed by atoms with E-state index >= 15 is 0 Å². The van der Waals surface area contributed by atoms with E-state index in [4.69, 9.17) is 5.11 Å². The van der Waals surface area contributed by atoms with Gasteiger partial charge >= 0.3 is 0 Å². The molecule has 0 spiro atoms. The molecule has 0 aliphatic heterocycles. The molecule has 1 aromatic heterocycles. The number of nitrogens with zero attached hydrogens (tertiary/aromatic N) is 2. The molecule has 1 rings (SSSR count). The second-order valence-electron chi connectivity index (χ2n) is 3.09. The molecule has 0 aliphatic rings. The number of rotatable bonds is 3. The van der Waals surface area contributed by atoms with Crippen LogP contribution in [0.5, 0.6) is 0 Å². The van der Waals surface area contributed by atoms with Gasteiger partial charge in [-0.1, -0.05) is 13.8 Å². The largest absolute Gasteiger partial charge is 0.390 e. The number of aliphatic hydroxyl groups is 1. The van der Waals surface area contributed by atoms with Gasteiger partial charge in [0.25, 0.3) is 0 Å². The molecule has 1 heterocycles. The van der Waals surface area contributed by atoms with Gasteiger partial charge in [-0.25, -0.2) is 4.98 Å². The Kier molecular flexibility index (Phi) is 2.65. The lowest BCUT2D eigenvalue weighted by atomic mass is 10.2. The highest BCUT2D eigenvalue weighted by Crippen LogP contribution is 2.03. The van der Waals surface area contributed by atoms with Crippen molar-refractivity contribution in [1.29, 1.82) is 0 Å². The van der Waals surface area contributed by atoms with E-state index in [1.807, 2.05) is 4.57 Å². The van der Waals surface area contributed by atoms with Gasteiger partial charge in [-0.15, -0.1) is 0 Å². The van der Waals surface area contributed by atoms with Crippen molar-refractivity contribution in [3.63, 3.8) is 0 Å². The zero-order chi connectivity index (χ0) is 8.27. The van der Waals surface area contributed by atoms with Crippen LogP contribution in [-0.2, 0) is 13.2 Å². The second kappa shape index (κ2) is 3.53. The third-order valence-electron chi connectivity index (χ3n) is 1.52. The Hall–Kier alpha value is -0.830. The second-order valence-corrected chi connectivity index (χ2v) is 3.09. The Bertz CT molecular complexity index is 218. The smallest absolute Gasteiger partial charge is 0.0948 e. The lowest BCUT2D eigenvalue weighted by Gasteiger charge is -2.07. The first-order valence-electron chi connectivity index (χ1n) is 3.84. The number of hydrogen-bond acceptors (Lipinski definition) is 2. The molecule has 0 saturated carbocycles. The molecule has 0 saturated heterocycles. The average molecular weight is 154 g/mol. The maximum Gasteiger partial charge on any atom is 0.0948 e. The molecule has 62 valence electrons. The Morgan fingerprint density at radius 3 is 2.91 bits per heavy atom. The average Bonchev–Trinajstić information content (AvgIpc) is 2.34. The predicted molar refractivity (Wildman–Crippen MR) is 43.0 cm³/mol. The molecule has 0 bridgehead atoms. The van der Waals surface area contributed by atoms with Gasteiger partial charge < -0.3 is 9.67 Å². The predicted octanol–water partition coefficient (Wildman–Crippen LogP) is 1.03. The van der Waals surface area contributed by atoms with Gasteiger partial charge in [0.1, 0.15) is 0 Å². The van der Waals surface area contributed by atoms with Gasteiger partial charge in [0.05, 0.1) is 24.8 Å². The molecule has 0 radical (unpaired) electrons. The van der Waals surface area contributed by atoms with Crippen LogP contribution in [0.3, 0.4) is 0 Å². The maximum absolute atomic E-state index is 8.86. The molecule has 0 unspecified atom stereocenters. The van der Waals surface area contributed by atoms with Gasteiger partial charge in [-0.05, 0) is 5.92 Å². The summed E-state index contributed by atoms with van der Waals surface area (Å²) < 4.78 is 1.98. The van der Waals surface area contributed by atoms with Gasteiger partial charge in [-0.3, -0.25) is 0 Å². The number of aliphatic hydroxyl groups excluding tert-OH is 1. The van der Waals surface area contributed by atoms with Crippen LogP contribution in [0.1, 0.15) is 19.5 Å². The summed E-state index contributed by atoms with van der Waals surface area (Å²) in [5.41, 5.74) is 0.888. The fraction of sp³-hybridized carbons (Fsp3) is 0.625. The zero-order valence-electron chi connectivity index (χ0n) is 6.99. The number of imidazole rings is 1. The first-order valence-corrected chi connectivity index (χ1v) is 3.84. The van der Waals surface area contributed by atoms with Crippen molar-refractivity contribution in [2.24, 2.45) is 5.92 Å². The van der Waals surface area contributed by atoms with Gasteiger partial charge in [0.15, 0.2) is 0 Å². The summed E-state index contributed by atoms with van der Waals surface area (Å²) in [5, 5.41) is 8.86. The van der Waals surface area contributed by atoms with E-state index in [0.29, 0.717) is 5.92 Å². The highest BCUT2D eigenvalue weighted by Gasteiger charge is 2.01. The van der Waals surface area contributed by atoms with Crippen molar-refractivity contribution in [2.75, 3.05) is 0 Å². The van der Waals surface area contributed by atoms with Gasteiger partial charge in [0.2, 0.25) is 0 Å². The van der Waals surface area contributed by atoms with Crippen LogP contribution in [0, 0.1) is 5.92 Å². The molecule has 0 atom stereocenters. The van der Waals surface area contributed by atoms with Crippen molar-refractivity contribution >= 4 is 0 Å². The summed E-state index contributed by atoms with van der Waals surface area (Å²) in [6.07, 6.45) is 3.45. The van der Waals surface area contributed by atoms with E-state index in [0.717, 1.165) is 12.2 Å². The third-order valence-corrected chi connectivity index (χ3v) is 1.52. The minimum absolute atomic E-state index is 0.0761. The lowest BCUT2D eigenvalue weighted by Crippen LogP contribution is -2.06. The van der Waals surface area contributed by atoms with E-state index in [2.05, 4.69) is 18.8 Å². The normalized spacial score (nSPS) is 10.9. The highest BCUT2D eigenvalue weighted by molar-refractivity contribution is 4.95. The third kappa shape index (κ3) is 2.05. The summed E-state index contributed by atoms with van der Waals surface area (Å²) in [6, 6.07) is 0. The van der Waals surface area contributed by atoms with Crippen LogP contribution in [0.4, 0.5) is 0 Å². The molecular weight excluding hydrogens is 140 g/mol. The molecular formula is C8H14N2O. The molecule has 3 heteroatoms. The van der Waals surface area contributed by atoms with E-state index < -0.39 is 0 Å². The fourth-order valence-corrected chi connectivity index (χ4v) is 1.04. The van der Waals surface area contributed by atoms with Crippen molar-refractivity contribution < 1.29 is 5.11 Å². The lowest BCUT2D eigenvalue weighted by molar-refractivity contribution is 0.268. The fourth-order valence-electron chi connectivity index (χ4n) is 1.04. The molecule has 3 nitrogen and oxygen atoms in total. The summed E-state index contributed by atoms with van der Waals surface area (Å²) in [7, 11) is 0. The first kappa shape index (κ1) is 8.27. The Labute approximate surface area is 66.7 Å². The Morgan fingerprint density at radius 1 is 1.64 bits per heavy atom. The standard InChI is InChI=1S/C8H14N2O/c1-7(2)4-10-6-9-3-8(10)5-11/h3,6-7,11H,4-5H2,1-2H3. The van der Waals surface area contributed by atoms with Crippen LogP contribution < -0.4 is 0 Å². The van der Waals surface area contributed by atoms with Crippen LogP contribution in [0.2, 0.25) is 0 Å². The quantitative estimate of drug-likeness (QED) is 0.706. The van der Waals surface area contributed by atoms with Crippen LogP contribution >= 0.6 is 0 Å². The minimum atomic E-state index is 0.0761. The molecule has 1 aromatic rings. The van der Waals surface area contributed by atoms with Crippen molar-refractivity contribution in [2.45, 2.75) is 27.0 Å². The van der Waals surface area contributed by atoms with Crippen molar-refractivity contribution in [3.05, 3.63) is 18.2 Å². The highest BCUT2D eigenvalue weighted by atomic mass is 16.3. The molecule has 0 fully saturated rings.